The Kier molecular flexibility index (Phi) is 3.81. The summed E-state index contributed by atoms with van der Waals surface area (Å²) < 4.78 is 2.05. The van der Waals surface area contributed by atoms with E-state index in [1.807, 2.05) is 16.2 Å². The van der Waals surface area contributed by atoms with Crippen molar-refractivity contribution in [1.29, 1.82) is 0 Å². The maximum Gasteiger partial charge on any atom is 0.164 e. The fourth-order valence-corrected chi connectivity index (χ4v) is 3.63. The molecule has 3 aromatic heterocycles. The van der Waals surface area contributed by atoms with Gasteiger partial charge in [-0.3, -0.25) is 4.98 Å². The predicted molar refractivity (Wildman–Crippen MR) is 94.4 cm³/mol. The fraction of sp³-hybridized carbons (Fsp3) is 0.438. The third-order valence-corrected chi connectivity index (χ3v) is 5.54. The van der Waals surface area contributed by atoms with Crippen LogP contribution in [0, 0.1) is 13.8 Å². The molecular weight excluding hydrogens is 291 g/mol. The van der Waals surface area contributed by atoms with Gasteiger partial charge in [0.25, 0.3) is 0 Å². The molecule has 0 fully saturated rings. The van der Waals surface area contributed by atoms with E-state index in [0.29, 0.717) is 0 Å². The maximum atomic E-state index is 4.81. The van der Waals surface area contributed by atoms with Gasteiger partial charge in [0.05, 0.1) is 21.6 Å². The molecule has 0 unspecified atom stereocenters. The zero-order valence-electron chi connectivity index (χ0n) is 13.8. The standard InChI is InChI=1S/C16H21BN4S/c1-5-16(17,6-2)13-7-10(3)19-15-14(11(4)20-21(13)15)12-8-18-9-22-12/h7-9H,5-6,17H2,1-4H3. The number of thiazole rings is 1. The first kappa shape index (κ1) is 15.2. The van der Waals surface area contributed by atoms with Crippen molar-refractivity contribution in [1.82, 2.24) is 19.6 Å². The zero-order chi connectivity index (χ0) is 15.9. The molecule has 4 nitrogen and oxygen atoms in total. The highest BCUT2D eigenvalue weighted by molar-refractivity contribution is 7.13. The first-order valence-corrected chi connectivity index (χ1v) is 8.64. The topological polar surface area (TPSA) is 43.1 Å². The Bertz CT molecular complexity index is 803. The van der Waals surface area contributed by atoms with E-state index < -0.39 is 0 Å². The summed E-state index contributed by atoms with van der Waals surface area (Å²) >= 11 is 1.64. The van der Waals surface area contributed by atoms with E-state index in [0.717, 1.165) is 40.3 Å². The molecule has 3 rings (SSSR count). The summed E-state index contributed by atoms with van der Waals surface area (Å²) in [6, 6.07) is 2.18. The van der Waals surface area contributed by atoms with Crippen LogP contribution in [-0.4, -0.2) is 27.4 Å². The molecule has 0 amide bonds. The van der Waals surface area contributed by atoms with Crippen LogP contribution in [0.5, 0.6) is 0 Å². The van der Waals surface area contributed by atoms with Gasteiger partial charge in [-0.05, 0) is 25.2 Å². The number of fused-ring (bicyclic) bond motifs is 1. The SMILES string of the molecule is BC(CC)(CC)c1cc(C)nc2c(-c3cncs3)c(C)nn12. The van der Waals surface area contributed by atoms with E-state index in [-0.39, 0.29) is 5.31 Å². The van der Waals surface area contributed by atoms with E-state index in [4.69, 9.17) is 10.1 Å². The molecule has 0 radical (unpaired) electrons. The highest BCUT2D eigenvalue weighted by Gasteiger charge is 2.28. The van der Waals surface area contributed by atoms with Crippen molar-refractivity contribution in [3.8, 4) is 10.4 Å². The van der Waals surface area contributed by atoms with Crippen molar-refractivity contribution in [3.05, 3.63) is 34.9 Å². The second-order valence-corrected chi connectivity index (χ2v) is 7.00. The second kappa shape index (κ2) is 5.50. The van der Waals surface area contributed by atoms with Crippen molar-refractivity contribution in [2.45, 2.75) is 45.9 Å². The normalized spacial score (nSPS) is 12.2. The highest BCUT2D eigenvalue weighted by Crippen LogP contribution is 2.34. The van der Waals surface area contributed by atoms with E-state index >= 15 is 0 Å². The van der Waals surface area contributed by atoms with Crippen LogP contribution in [0.25, 0.3) is 16.1 Å². The number of rotatable bonds is 4. The summed E-state index contributed by atoms with van der Waals surface area (Å²) in [7, 11) is 2.31. The van der Waals surface area contributed by atoms with Crippen molar-refractivity contribution >= 4 is 24.8 Å². The van der Waals surface area contributed by atoms with E-state index in [2.05, 4.69) is 46.6 Å². The highest BCUT2D eigenvalue weighted by atomic mass is 32.1. The van der Waals surface area contributed by atoms with Gasteiger partial charge in [0, 0.05) is 17.6 Å². The number of nitrogens with zero attached hydrogens (tertiary/aromatic N) is 4. The molecule has 6 heteroatoms. The van der Waals surface area contributed by atoms with Crippen LogP contribution >= 0.6 is 11.3 Å². The largest absolute Gasteiger partial charge is 0.252 e. The van der Waals surface area contributed by atoms with Crippen molar-refractivity contribution in [3.63, 3.8) is 0 Å². The quantitative estimate of drug-likeness (QED) is 0.695. The Hall–Kier alpha value is -1.69. The Morgan fingerprint density at radius 2 is 2.00 bits per heavy atom. The minimum atomic E-state index is 0.107. The van der Waals surface area contributed by atoms with Crippen LogP contribution in [-0.2, 0) is 5.31 Å². The molecule has 0 bridgehead atoms. The smallest absolute Gasteiger partial charge is 0.164 e. The maximum absolute atomic E-state index is 4.81. The monoisotopic (exact) mass is 312 g/mol. The van der Waals surface area contributed by atoms with Crippen molar-refractivity contribution in [2.75, 3.05) is 0 Å². The van der Waals surface area contributed by atoms with Crippen LogP contribution in [0.4, 0.5) is 0 Å². The molecule has 0 aliphatic heterocycles. The van der Waals surface area contributed by atoms with E-state index in [1.165, 1.54) is 5.69 Å². The van der Waals surface area contributed by atoms with Crippen LogP contribution in [0.2, 0.25) is 0 Å². The Balaban J connectivity index is 2.36. The number of hydrogen-bond donors (Lipinski definition) is 0. The molecule has 0 aromatic carbocycles. The lowest BCUT2D eigenvalue weighted by Crippen LogP contribution is -2.28. The third kappa shape index (κ3) is 2.26. The summed E-state index contributed by atoms with van der Waals surface area (Å²) in [5.74, 6) is 0. The van der Waals surface area contributed by atoms with Crippen LogP contribution in [0.15, 0.2) is 17.8 Å². The lowest BCUT2D eigenvalue weighted by Gasteiger charge is -2.28. The molecule has 0 saturated heterocycles. The molecule has 0 spiro atoms. The molecule has 0 aliphatic rings. The second-order valence-electron chi connectivity index (χ2n) is 6.11. The minimum absolute atomic E-state index is 0.107. The van der Waals surface area contributed by atoms with Gasteiger partial charge in [-0.15, -0.1) is 11.3 Å². The summed E-state index contributed by atoms with van der Waals surface area (Å²) in [4.78, 5) is 10.1. The molecular formula is C16H21BN4S. The zero-order valence-corrected chi connectivity index (χ0v) is 14.7. The van der Waals surface area contributed by atoms with Gasteiger partial charge in [-0.1, -0.05) is 26.7 Å². The van der Waals surface area contributed by atoms with E-state index in [9.17, 15) is 0 Å². The van der Waals surface area contributed by atoms with E-state index in [1.54, 1.807) is 11.3 Å². The van der Waals surface area contributed by atoms with Gasteiger partial charge in [0.15, 0.2) is 5.65 Å². The first-order valence-electron chi connectivity index (χ1n) is 7.76. The average molecular weight is 312 g/mol. The number of aryl methyl sites for hydroxylation is 2. The molecule has 114 valence electrons. The average Bonchev–Trinajstić information content (AvgIpc) is 3.12. The summed E-state index contributed by atoms with van der Waals surface area (Å²) in [5.41, 5.74) is 7.22. The van der Waals surface area contributed by atoms with Crippen LogP contribution in [0.3, 0.4) is 0 Å². The van der Waals surface area contributed by atoms with Gasteiger partial charge in [0.1, 0.15) is 7.85 Å². The van der Waals surface area contributed by atoms with Gasteiger partial charge in [0.2, 0.25) is 0 Å². The molecule has 3 heterocycles. The summed E-state index contributed by atoms with van der Waals surface area (Å²) in [5, 5.41) is 4.91. The van der Waals surface area contributed by atoms with Crippen LogP contribution < -0.4 is 0 Å². The van der Waals surface area contributed by atoms with Gasteiger partial charge >= 0.3 is 0 Å². The predicted octanol–water partition coefficient (Wildman–Crippen LogP) is 3.12. The Labute approximate surface area is 136 Å². The summed E-state index contributed by atoms with van der Waals surface area (Å²) in [6.07, 6.45) is 4.06. The fourth-order valence-electron chi connectivity index (χ4n) is 2.91. The van der Waals surface area contributed by atoms with Gasteiger partial charge < -0.3 is 0 Å². The molecule has 0 atom stereocenters. The molecule has 0 N–H and O–H groups in total. The first-order chi connectivity index (χ1) is 10.5. The lowest BCUT2D eigenvalue weighted by molar-refractivity contribution is 0.530. The molecule has 22 heavy (non-hydrogen) atoms. The van der Waals surface area contributed by atoms with Gasteiger partial charge in [-0.2, -0.15) is 5.10 Å². The third-order valence-electron chi connectivity index (χ3n) is 4.75. The van der Waals surface area contributed by atoms with Crippen molar-refractivity contribution < 1.29 is 0 Å². The number of hydrogen-bond acceptors (Lipinski definition) is 4. The Morgan fingerprint density at radius 1 is 1.27 bits per heavy atom. The lowest BCUT2D eigenvalue weighted by atomic mass is 9.62. The molecule has 0 saturated carbocycles. The minimum Gasteiger partial charge on any atom is -0.252 e. The molecule has 3 aromatic rings. The summed E-state index contributed by atoms with van der Waals surface area (Å²) in [6.45, 7) is 8.60. The molecule has 0 aliphatic carbocycles. The van der Waals surface area contributed by atoms with Gasteiger partial charge in [-0.25, -0.2) is 9.50 Å². The van der Waals surface area contributed by atoms with Crippen LogP contribution in [0.1, 0.15) is 43.8 Å². The number of aromatic nitrogens is 4. The Morgan fingerprint density at radius 3 is 2.59 bits per heavy atom. The van der Waals surface area contributed by atoms with Crippen molar-refractivity contribution in [2.24, 2.45) is 0 Å².